The van der Waals surface area contributed by atoms with E-state index in [1.165, 1.54) is 18.6 Å². The molecule has 124 valence electrons. The number of halogens is 2. The molecule has 1 amide bonds. The Bertz CT molecular complexity index is 669. The highest BCUT2D eigenvalue weighted by molar-refractivity contribution is 6.31. The predicted molar refractivity (Wildman–Crippen MR) is 81.6 cm³/mol. The zero-order valence-corrected chi connectivity index (χ0v) is 13.6. The summed E-state index contributed by atoms with van der Waals surface area (Å²) < 4.78 is 31.4. The number of carbonyl (C=O) groups is 1. The maximum absolute atomic E-state index is 14.7. The lowest BCUT2D eigenvalue weighted by atomic mass is 9.92. The molecule has 1 N–H and O–H groups in total. The molecule has 7 heteroatoms. The quantitative estimate of drug-likeness (QED) is 0.914. The molecule has 2 aliphatic rings. The smallest absolute Gasteiger partial charge is 0.277 e. The van der Waals surface area contributed by atoms with E-state index in [0.717, 1.165) is 0 Å². The summed E-state index contributed by atoms with van der Waals surface area (Å²) >= 11 is 6.08. The van der Waals surface area contributed by atoms with Crippen LogP contribution < -0.4 is 10.1 Å². The zero-order valence-electron chi connectivity index (χ0n) is 12.8. The zero-order chi connectivity index (χ0) is 16.6. The normalized spacial score (nSPS) is 21.7. The number of nitrogens with one attached hydrogen (secondary N) is 1. The van der Waals surface area contributed by atoms with Crippen LogP contribution in [0.2, 0.25) is 5.02 Å². The molecule has 1 atom stereocenters. The van der Waals surface area contributed by atoms with Gasteiger partial charge < -0.3 is 19.5 Å². The average molecular weight is 342 g/mol. The number of ether oxygens (including phenoxy) is 3. The van der Waals surface area contributed by atoms with Crippen molar-refractivity contribution >= 4 is 17.5 Å². The van der Waals surface area contributed by atoms with E-state index in [-0.39, 0.29) is 28.8 Å². The van der Waals surface area contributed by atoms with Crippen LogP contribution in [0.15, 0.2) is 18.6 Å². The van der Waals surface area contributed by atoms with E-state index >= 15 is 0 Å². The fourth-order valence-corrected chi connectivity index (χ4v) is 3.12. The van der Waals surface area contributed by atoms with Crippen molar-refractivity contribution in [3.05, 3.63) is 40.6 Å². The predicted octanol–water partition coefficient (Wildman–Crippen LogP) is 3.17. The summed E-state index contributed by atoms with van der Waals surface area (Å²) in [6.07, 6.45) is 3.01. The van der Waals surface area contributed by atoms with Gasteiger partial charge in [0.1, 0.15) is 24.1 Å². The maximum Gasteiger partial charge on any atom is 0.277 e. The summed E-state index contributed by atoms with van der Waals surface area (Å²) in [5.74, 6) is -1.87. The second kappa shape index (κ2) is 5.92. The van der Waals surface area contributed by atoms with Crippen molar-refractivity contribution in [1.29, 1.82) is 0 Å². The first kappa shape index (κ1) is 15.9. The first-order valence-corrected chi connectivity index (χ1v) is 7.76. The van der Waals surface area contributed by atoms with E-state index in [9.17, 15) is 9.18 Å². The third-order valence-corrected chi connectivity index (χ3v) is 4.29. The number of hydrogen-bond donors (Lipinski definition) is 1. The van der Waals surface area contributed by atoms with Gasteiger partial charge in [0, 0.05) is 31.4 Å². The monoisotopic (exact) mass is 341 g/mol. The minimum absolute atomic E-state index is 0.0573. The van der Waals surface area contributed by atoms with Gasteiger partial charge in [-0.05, 0) is 13.0 Å². The Morgan fingerprint density at radius 1 is 1.48 bits per heavy atom. The molecule has 3 rings (SSSR count). The summed E-state index contributed by atoms with van der Waals surface area (Å²) in [7, 11) is 0. The van der Waals surface area contributed by atoms with E-state index in [4.69, 9.17) is 25.8 Å². The molecule has 1 saturated heterocycles. The van der Waals surface area contributed by atoms with Gasteiger partial charge in [-0.15, -0.1) is 0 Å². The van der Waals surface area contributed by atoms with Gasteiger partial charge in [0.2, 0.25) is 5.91 Å². The highest BCUT2D eigenvalue weighted by atomic mass is 35.5. The van der Waals surface area contributed by atoms with Crippen LogP contribution in [0.3, 0.4) is 0 Å². The second-order valence-electron chi connectivity index (χ2n) is 5.55. The molecule has 1 aromatic rings. The van der Waals surface area contributed by atoms with Gasteiger partial charge in [-0.3, -0.25) is 4.79 Å². The van der Waals surface area contributed by atoms with Crippen LogP contribution in [0.5, 0.6) is 5.75 Å². The molecular formula is C16H17ClFNO4. The van der Waals surface area contributed by atoms with Crippen LogP contribution in [0.25, 0.3) is 0 Å². The Labute approximate surface area is 138 Å². The highest BCUT2D eigenvalue weighted by Gasteiger charge is 2.40. The standard InChI is InChI=1S/C16H17ClFNO4/c1-3-21-15-10(16(2)22-4-5-23-16)7-11(17)14(18)13(15)9-6-12(20)19-8-9/h4-5,7,9H,3,6,8H2,1-2H3,(H,19,20). The molecule has 0 radical (unpaired) electrons. The molecule has 0 bridgehead atoms. The van der Waals surface area contributed by atoms with Gasteiger partial charge in [-0.2, -0.15) is 0 Å². The molecule has 1 fully saturated rings. The molecule has 5 nitrogen and oxygen atoms in total. The lowest BCUT2D eigenvalue weighted by molar-refractivity contribution is -0.134. The average Bonchev–Trinajstić information content (AvgIpc) is 3.13. The number of hydrogen-bond acceptors (Lipinski definition) is 4. The summed E-state index contributed by atoms with van der Waals surface area (Å²) in [5, 5.41) is 2.65. The Hall–Kier alpha value is -1.95. The Balaban J connectivity index is 2.16. The van der Waals surface area contributed by atoms with Crippen LogP contribution in [-0.2, 0) is 20.1 Å². The Kier molecular flexibility index (Phi) is 4.10. The van der Waals surface area contributed by atoms with E-state index in [2.05, 4.69) is 5.32 Å². The van der Waals surface area contributed by atoms with Crippen LogP contribution in [-0.4, -0.2) is 19.1 Å². The van der Waals surface area contributed by atoms with E-state index in [1.807, 2.05) is 0 Å². The largest absolute Gasteiger partial charge is 0.493 e. The van der Waals surface area contributed by atoms with Crippen LogP contribution >= 0.6 is 11.6 Å². The molecule has 1 unspecified atom stereocenters. The van der Waals surface area contributed by atoms with Crippen molar-refractivity contribution in [3.63, 3.8) is 0 Å². The minimum Gasteiger partial charge on any atom is -0.493 e. The second-order valence-corrected chi connectivity index (χ2v) is 5.96. The first-order chi connectivity index (χ1) is 11.0. The van der Waals surface area contributed by atoms with Crippen LogP contribution in [0.4, 0.5) is 4.39 Å². The van der Waals surface area contributed by atoms with Gasteiger partial charge >= 0.3 is 0 Å². The SMILES string of the molecule is CCOc1c(C2(C)OC=CO2)cc(Cl)c(F)c1C1CNC(=O)C1. The van der Waals surface area contributed by atoms with Crippen LogP contribution in [0.1, 0.15) is 37.3 Å². The minimum atomic E-state index is -1.15. The molecule has 1 aromatic carbocycles. The van der Waals surface area contributed by atoms with Gasteiger partial charge in [0.25, 0.3) is 5.79 Å². The van der Waals surface area contributed by atoms with E-state index < -0.39 is 11.6 Å². The number of rotatable bonds is 4. The Morgan fingerprint density at radius 2 is 2.17 bits per heavy atom. The molecule has 0 aliphatic carbocycles. The summed E-state index contributed by atoms with van der Waals surface area (Å²) in [6, 6.07) is 1.45. The maximum atomic E-state index is 14.7. The third kappa shape index (κ3) is 2.72. The summed E-state index contributed by atoms with van der Waals surface area (Å²) in [6.45, 7) is 4.17. The molecule has 23 heavy (non-hydrogen) atoms. The summed E-state index contributed by atoms with van der Waals surface area (Å²) in [5.41, 5.74) is 0.776. The van der Waals surface area contributed by atoms with Crippen molar-refractivity contribution in [2.45, 2.75) is 32.0 Å². The molecule has 0 spiro atoms. The van der Waals surface area contributed by atoms with Crippen molar-refractivity contribution in [2.24, 2.45) is 0 Å². The molecule has 2 heterocycles. The molecule has 2 aliphatic heterocycles. The van der Waals surface area contributed by atoms with E-state index in [1.54, 1.807) is 13.8 Å². The van der Waals surface area contributed by atoms with Gasteiger partial charge in [0.05, 0.1) is 17.2 Å². The van der Waals surface area contributed by atoms with Crippen molar-refractivity contribution in [1.82, 2.24) is 5.32 Å². The fraction of sp³-hybridized carbons (Fsp3) is 0.438. The summed E-state index contributed by atoms with van der Waals surface area (Å²) in [4.78, 5) is 11.5. The van der Waals surface area contributed by atoms with Gasteiger partial charge in [-0.1, -0.05) is 11.6 Å². The fourth-order valence-electron chi connectivity index (χ4n) is 2.91. The number of benzene rings is 1. The van der Waals surface area contributed by atoms with Crippen molar-refractivity contribution < 1.29 is 23.4 Å². The molecule has 0 aromatic heterocycles. The van der Waals surface area contributed by atoms with Crippen molar-refractivity contribution in [3.8, 4) is 5.75 Å². The van der Waals surface area contributed by atoms with Gasteiger partial charge in [-0.25, -0.2) is 4.39 Å². The Morgan fingerprint density at radius 3 is 2.74 bits per heavy atom. The molecule has 0 saturated carbocycles. The highest BCUT2D eigenvalue weighted by Crippen LogP contribution is 2.45. The van der Waals surface area contributed by atoms with E-state index in [0.29, 0.717) is 24.5 Å². The van der Waals surface area contributed by atoms with Gasteiger partial charge in [0.15, 0.2) is 0 Å². The lowest BCUT2D eigenvalue weighted by Crippen LogP contribution is -2.25. The lowest BCUT2D eigenvalue weighted by Gasteiger charge is -2.28. The van der Waals surface area contributed by atoms with Crippen molar-refractivity contribution in [2.75, 3.05) is 13.2 Å². The van der Waals surface area contributed by atoms with Crippen LogP contribution in [0, 0.1) is 5.82 Å². The number of carbonyl (C=O) groups excluding carboxylic acids is 1. The third-order valence-electron chi connectivity index (χ3n) is 4.01. The topological polar surface area (TPSA) is 56.8 Å². The molecular weight excluding hydrogens is 325 g/mol. The first-order valence-electron chi connectivity index (χ1n) is 7.38. The number of amides is 1.